The van der Waals surface area contributed by atoms with E-state index in [2.05, 4.69) is 4.98 Å². The largest absolute Gasteiger partial charge is 0.481 e. The van der Waals surface area contributed by atoms with Crippen molar-refractivity contribution >= 4 is 40.1 Å². The highest BCUT2D eigenvalue weighted by Crippen LogP contribution is 2.32. The highest BCUT2D eigenvalue weighted by atomic mass is 35.5. The molecule has 0 amide bonds. The van der Waals surface area contributed by atoms with Crippen molar-refractivity contribution in [2.75, 3.05) is 0 Å². The van der Waals surface area contributed by atoms with Crippen LogP contribution in [-0.4, -0.2) is 16.1 Å². The van der Waals surface area contributed by atoms with E-state index in [1.54, 1.807) is 25.1 Å². The number of benzene rings is 1. The molecule has 1 unspecified atom stereocenters. The number of nitrogens with one attached hydrogen (secondary N) is 1. The van der Waals surface area contributed by atoms with Crippen LogP contribution in [-0.2, 0) is 4.79 Å². The summed E-state index contributed by atoms with van der Waals surface area (Å²) in [5.41, 5.74) is 1.41. The van der Waals surface area contributed by atoms with E-state index >= 15 is 0 Å². The van der Waals surface area contributed by atoms with Gasteiger partial charge in [-0.05, 0) is 25.1 Å². The Morgan fingerprint density at radius 1 is 1.44 bits per heavy atom. The van der Waals surface area contributed by atoms with Gasteiger partial charge < -0.3 is 10.1 Å². The number of hydrogen-bond acceptors (Lipinski definition) is 1. The fourth-order valence-corrected chi connectivity index (χ4v) is 1.91. The number of hydrogen-bond donors (Lipinski definition) is 2. The number of halogens is 2. The lowest BCUT2D eigenvalue weighted by molar-refractivity contribution is -0.138. The Balaban J connectivity index is 2.60. The average Bonchev–Trinajstić information content (AvgIpc) is 2.67. The maximum Gasteiger partial charge on any atom is 0.312 e. The van der Waals surface area contributed by atoms with Gasteiger partial charge in [-0.1, -0.05) is 23.2 Å². The van der Waals surface area contributed by atoms with E-state index in [0.717, 1.165) is 10.9 Å². The van der Waals surface area contributed by atoms with Gasteiger partial charge in [-0.15, -0.1) is 0 Å². The van der Waals surface area contributed by atoms with Crippen LogP contribution >= 0.6 is 23.2 Å². The van der Waals surface area contributed by atoms with Gasteiger partial charge in [-0.3, -0.25) is 4.79 Å². The van der Waals surface area contributed by atoms with Crippen molar-refractivity contribution in [1.29, 1.82) is 0 Å². The quantitative estimate of drug-likeness (QED) is 0.863. The molecule has 1 atom stereocenters. The van der Waals surface area contributed by atoms with E-state index in [1.807, 2.05) is 0 Å². The molecule has 0 bridgehead atoms. The van der Waals surface area contributed by atoms with E-state index < -0.39 is 11.9 Å². The van der Waals surface area contributed by atoms with Crippen LogP contribution in [0.25, 0.3) is 10.9 Å². The molecule has 0 aliphatic rings. The molecule has 2 N–H and O–H groups in total. The summed E-state index contributed by atoms with van der Waals surface area (Å²) < 4.78 is 0. The van der Waals surface area contributed by atoms with Gasteiger partial charge in [-0.2, -0.15) is 0 Å². The second-order valence-electron chi connectivity index (χ2n) is 3.61. The molecule has 1 aromatic heterocycles. The number of carboxylic acids is 1. The average molecular weight is 258 g/mol. The van der Waals surface area contributed by atoms with Crippen LogP contribution in [0.15, 0.2) is 18.2 Å². The lowest BCUT2D eigenvalue weighted by Crippen LogP contribution is -2.07. The van der Waals surface area contributed by atoms with Crippen molar-refractivity contribution in [2.45, 2.75) is 12.8 Å². The highest BCUT2D eigenvalue weighted by molar-refractivity contribution is 6.45. The van der Waals surface area contributed by atoms with Crippen molar-refractivity contribution in [2.24, 2.45) is 0 Å². The van der Waals surface area contributed by atoms with Gasteiger partial charge in [0.2, 0.25) is 0 Å². The predicted molar refractivity (Wildman–Crippen MR) is 64.4 cm³/mol. The first-order valence-electron chi connectivity index (χ1n) is 4.70. The molecule has 16 heavy (non-hydrogen) atoms. The molecule has 0 saturated carbocycles. The summed E-state index contributed by atoms with van der Waals surface area (Å²) in [4.78, 5) is 13.9. The first-order chi connectivity index (χ1) is 7.50. The maximum atomic E-state index is 10.8. The number of rotatable bonds is 2. The molecule has 0 aliphatic heterocycles. The molecule has 0 spiro atoms. The Bertz CT molecular complexity index is 562. The van der Waals surface area contributed by atoms with Crippen LogP contribution < -0.4 is 0 Å². The zero-order valence-corrected chi connectivity index (χ0v) is 9.93. The number of H-pyrrole nitrogens is 1. The molecule has 1 heterocycles. The molecule has 3 nitrogen and oxygen atoms in total. The molecule has 0 saturated heterocycles. The van der Waals surface area contributed by atoms with Gasteiger partial charge in [0.05, 0.1) is 16.0 Å². The second kappa shape index (κ2) is 4.00. The minimum atomic E-state index is -0.881. The first kappa shape index (κ1) is 11.3. The summed E-state index contributed by atoms with van der Waals surface area (Å²) >= 11 is 11.9. The zero-order valence-electron chi connectivity index (χ0n) is 8.42. The van der Waals surface area contributed by atoms with Crippen LogP contribution in [0, 0.1) is 0 Å². The minimum absolute atomic E-state index is 0.444. The van der Waals surface area contributed by atoms with Crippen molar-refractivity contribution < 1.29 is 9.90 Å². The van der Waals surface area contributed by atoms with Crippen molar-refractivity contribution in [3.8, 4) is 0 Å². The number of carbonyl (C=O) groups is 1. The van der Waals surface area contributed by atoms with E-state index in [9.17, 15) is 4.79 Å². The smallest absolute Gasteiger partial charge is 0.312 e. The summed E-state index contributed by atoms with van der Waals surface area (Å²) in [6, 6.07) is 5.18. The summed E-state index contributed by atoms with van der Waals surface area (Å²) in [7, 11) is 0. The molecule has 5 heteroatoms. The molecule has 2 rings (SSSR count). The summed E-state index contributed by atoms with van der Waals surface area (Å²) in [6.45, 7) is 1.61. The number of aromatic nitrogens is 1. The number of fused-ring (bicyclic) bond motifs is 1. The Morgan fingerprint density at radius 3 is 2.75 bits per heavy atom. The van der Waals surface area contributed by atoms with E-state index in [4.69, 9.17) is 28.3 Å². The van der Waals surface area contributed by atoms with E-state index in [0.29, 0.717) is 15.7 Å². The number of aliphatic carboxylic acids is 1. The molecule has 0 radical (unpaired) electrons. The maximum absolute atomic E-state index is 10.8. The monoisotopic (exact) mass is 257 g/mol. The number of carboxylic acid groups (broad SMARTS) is 1. The van der Waals surface area contributed by atoms with Crippen LogP contribution in [0.4, 0.5) is 0 Å². The Morgan fingerprint density at radius 2 is 2.12 bits per heavy atom. The normalized spacial score (nSPS) is 12.9. The van der Waals surface area contributed by atoms with E-state index in [1.165, 1.54) is 0 Å². The molecule has 0 aliphatic carbocycles. The van der Waals surface area contributed by atoms with Gasteiger partial charge in [0, 0.05) is 16.6 Å². The van der Waals surface area contributed by atoms with E-state index in [-0.39, 0.29) is 0 Å². The molecule has 84 valence electrons. The second-order valence-corrected chi connectivity index (χ2v) is 4.39. The van der Waals surface area contributed by atoms with Crippen molar-refractivity contribution in [3.05, 3.63) is 33.9 Å². The summed E-state index contributed by atoms with van der Waals surface area (Å²) in [5, 5.41) is 10.6. The third-order valence-corrected chi connectivity index (χ3v) is 3.37. The van der Waals surface area contributed by atoms with Gasteiger partial charge in [0.25, 0.3) is 0 Å². The molecular weight excluding hydrogens is 249 g/mol. The lowest BCUT2D eigenvalue weighted by Gasteiger charge is -2.01. The fraction of sp³-hybridized carbons (Fsp3) is 0.182. The summed E-state index contributed by atoms with van der Waals surface area (Å²) in [6.07, 6.45) is 0. The Hall–Kier alpha value is -1.19. The Kier molecular flexibility index (Phi) is 2.82. The van der Waals surface area contributed by atoms with Crippen molar-refractivity contribution in [3.63, 3.8) is 0 Å². The predicted octanol–water partition coefficient (Wildman–Crippen LogP) is 3.66. The standard InChI is InChI=1S/C11H9Cl2NO2/c1-5(11(15)16)9-4-6-8(14-9)3-2-7(12)10(6)13/h2-5,14H,1H3,(H,15,16). The van der Waals surface area contributed by atoms with Crippen LogP contribution in [0.2, 0.25) is 10.0 Å². The lowest BCUT2D eigenvalue weighted by atomic mass is 10.1. The highest BCUT2D eigenvalue weighted by Gasteiger charge is 2.17. The topological polar surface area (TPSA) is 53.1 Å². The van der Waals surface area contributed by atoms with Gasteiger partial charge in [0.1, 0.15) is 0 Å². The van der Waals surface area contributed by atoms with Crippen LogP contribution in [0.5, 0.6) is 0 Å². The van der Waals surface area contributed by atoms with Gasteiger partial charge in [0.15, 0.2) is 0 Å². The first-order valence-corrected chi connectivity index (χ1v) is 5.45. The van der Waals surface area contributed by atoms with Gasteiger partial charge in [-0.25, -0.2) is 0 Å². The number of aromatic amines is 1. The van der Waals surface area contributed by atoms with Crippen molar-refractivity contribution in [1.82, 2.24) is 4.98 Å². The fourth-order valence-electron chi connectivity index (χ4n) is 1.53. The Labute approximate surface area is 102 Å². The SMILES string of the molecule is CC(C(=O)O)c1cc2c(Cl)c(Cl)ccc2[nH]1. The van der Waals surface area contributed by atoms with Crippen LogP contribution in [0.3, 0.4) is 0 Å². The molecule has 1 aromatic carbocycles. The summed E-state index contributed by atoms with van der Waals surface area (Å²) in [5.74, 6) is -1.48. The third kappa shape index (κ3) is 1.77. The molecule has 2 aromatic rings. The van der Waals surface area contributed by atoms with Crippen LogP contribution in [0.1, 0.15) is 18.5 Å². The zero-order chi connectivity index (χ0) is 11.9. The third-order valence-electron chi connectivity index (χ3n) is 2.55. The van der Waals surface area contributed by atoms with Gasteiger partial charge >= 0.3 is 5.97 Å². The molecular formula is C11H9Cl2NO2. The molecule has 0 fully saturated rings. The minimum Gasteiger partial charge on any atom is -0.481 e.